The maximum Gasteiger partial charge on any atom is 0.243 e. The van der Waals surface area contributed by atoms with Crippen molar-refractivity contribution in [2.24, 2.45) is 10.6 Å². The summed E-state index contributed by atoms with van der Waals surface area (Å²) in [5.74, 6) is 0. The van der Waals surface area contributed by atoms with E-state index in [0.717, 1.165) is 30.5 Å². The van der Waals surface area contributed by atoms with E-state index in [4.69, 9.17) is 4.84 Å². The monoisotopic (exact) mass is 466 g/mol. The standard InChI is InChI=1S/C27H34N2O3S/c1-26(2,3)22-10-12-25(13-11-22)33(30,31)29-17-15-23-18-24(28-32-4)14-16-27(23,20-29)19-21-8-6-5-7-9-21/h5-13,18H,14-17,19-20H2,1-4H3. The van der Waals surface area contributed by atoms with Crippen LogP contribution in [0.15, 0.2) is 76.3 Å². The normalized spacial score (nSPS) is 23.2. The van der Waals surface area contributed by atoms with Gasteiger partial charge in [-0.05, 0) is 60.4 Å². The highest BCUT2D eigenvalue weighted by Crippen LogP contribution is 2.46. The van der Waals surface area contributed by atoms with Gasteiger partial charge in [0.05, 0.1) is 10.6 Å². The lowest BCUT2D eigenvalue weighted by molar-refractivity contribution is 0.191. The van der Waals surface area contributed by atoms with Crippen molar-refractivity contribution in [1.82, 2.24) is 4.31 Å². The summed E-state index contributed by atoms with van der Waals surface area (Å²) in [7, 11) is -2.01. The summed E-state index contributed by atoms with van der Waals surface area (Å²) < 4.78 is 29.0. The second-order valence-electron chi connectivity index (χ2n) is 10.2. The van der Waals surface area contributed by atoms with Crippen LogP contribution in [0.25, 0.3) is 0 Å². The molecule has 1 saturated heterocycles. The quantitative estimate of drug-likeness (QED) is 0.560. The molecule has 2 aromatic carbocycles. The molecule has 1 atom stereocenters. The van der Waals surface area contributed by atoms with Gasteiger partial charge >= 0.3 is 0 Å². The van der Waals surface area contributed by atoms with Crippen molar-refractivity contribution >= 4 is 15.7 Å². The Morgan fingerprint density at radius 2 is 1.73 bits per heavy atom. The Bertz CT molecular complexity index is 1150. The third-order valence-corrected chi connectivity index (χ3v) is 8.80. The number of hydrogen-bond donors (Lipinski definition) is 0. The SMILES string of the molecule is CON=C1C=C2CCN(S(=O)(=O)c3ccc(C(C)(C)C)cc3)CC2(Cc2ccccc2)CC1. The zero-order valence-electron chi connectivity index (χ0n) is 20.0. The lowest BCUT2D eigenvalue weighted by Gasteiger charge is -2.46. The molecule has 1 aliphatic carbocycles. The molecule has 0 radical (unpaired) electrons. The Kier molecular flexibility index (Phi) is 6.52. The van der Waals surface area contributed by atoms with E-state index >= 15 is 0 Å². The fourth-order valence-corrected chi connectivity index (χ4v) is 6.58. The Hall–Kier alpha value is -2.44. The van der Waals surface area contributed by atoms with Crippen molar-refractivity contribution in [1.29, 1.82) is 0 Å². The Labute approximate surface area is 198 Å². The predicted octanol–water partition coefficient (Wildman–Crippen LogP) is 5.33. The third kappa shape index (κ3) is 4.92. The van der Waals surface area contributed by atoms with Crippen LogP contribution in [-0.2, 0) is 26.7 Å². The molecule has 2 aromatic rings. The summed E-state index contributed by atoms with van der Waals surface area (Å²) in [6, 6.07) is 17.8. The number of allylic oxidation sites excluding steroid dienone is 1. The highest BCUT2D eigenvalue weighted by atomic mass is 32.2. The van der Waals surface area contributed by atoms with Crippen LogP contribution in [0.1, 0.15) is 51.2 Å². The number of rotatable bonds is 5. The van der Waals surface area contributed by atoms with Crippen LogP contribution >= 0.6 is 0 Å². The van der Waals surface area contributed by atoms with Crippen molar-refractivity contribution in [3.05, 3.63) is 77.4 Å². The van der Waals surface area contributed by atoms with E-state index in [-0.39, 0.29) is 10.8 Å². The Morgan fingerprint density at radius 1 is 1.03 bits per heavy atom. The van der Waals surface area contributed by atoms with E-state index in [2.05, 4.69) is 44.1 Å². The van der Waals surface area contributed by atoms with Gasteiger partial charge in [0, 0.05) is 18.5 Å². The second kappa shape index (κ2) is 9.07. The van der Waals surface area contributed by atoms with E-state index in [9.17, 15) is 8.42 Å². The molecule has 2 aliphatic rings. The van der Waals surface area contributed by atoms with Crippen molar-refractivity contribution in [2.75, 3.05) is 20.2 Å². The van der Waals surface area contributed by atoms with Crippen LogP contribution < -0.4 is 0 Å². The molecule has 1 aliphatic heterocycles. The average molecular weight is 467 g/mol. The highest BCUT2D eigenvalue weighted by Gasteiger charge is 2.45. The molecule has 0 N–H and O–H groups in total. The number of piperidine rings is 1. The maximum atomic E-state index is 13.6. The molecular weight excluding hydrogens is 432 g/mol. The minimum atomic E-state index is -3.58. The molecule has 0 saturated carbocycles. The topological polar surface area (TPSA) is 59.0 Å². The summed E-state index contributed by atoms with van der Waals surface area (Å²) in [6.45, 7) is 7.36. The number of sulfonamides is 1. The minimum Gasteiger partial charge on any atom is -0.399 e. The van der Waals surface area contributed by atoms with E-state index < -0.39 is 10.0 Å². The maximum absolute atomic E-state index is 13.6. The van der Waals surface area contributed by atoms with Gasteiger partial charge in [-0.3, -0.25) is 0 Å². The molecule has 0 spiro atoms. The van der Waals surface area contributed by atoms with Crippen molar-refractivity contribution in [3.63, 3.8) is 0 Å². The van der Waals surface area contributed by atoms with Crippen molar-refractivity contribution < 1.29 is 13.3 Å². The van der Waals surface area contributed by atoms with Gasteiger partial charge in [0.1, 0.15) is 7.11 Å². The first kappa shape index (κ1) is 23.7. The van der Waals surface area contributed by atoms with Gasteiger partial charge in [-0.15, -0.1) is 0 Å². The summed E-state index contributed by atoms with van der Waals surface area (Å²) >= 11 is 0. The Morgan fingerprint density at radius 3 is 2.36 bits per heavy atom. The summed E-state index contributed by atoms with van der Waals surface area (Å²) in [4.78, 5) is 5.39. The van der Waals surface area contributed by atoms with Crippen LogP contribution in [0.5, 0.6) is 0 Å². The van der Waals surface area contributed by atoms with E-state index in [1.54, 1.807) is 23.5 Å². The molecule has 5 nitrogen and oxygen atoms in total. The van der Waals surface area contributed by atoms with Crippen LogP contribution in [0.4, 0.5) is 0 Å². The molecule has 33 heavy (non-hydrogen) atoms. The van der Waals surface area contributed by atoms with Gasteiger partial charge in [-0.25, -0.2) is 8.42 Å². The fraction of sp³-hybridized carbons (Fsp3) is 0.444. The lowest BCUT2D eigenvalue weighted by Crippen LogP contribution is -2.49. The molecule has 0 bridgehead atoms. The first-order valence-electron chi connectivity index (χ1n) is 11.6. The summed E-state index contributed by atoms with van der Waals surface area (Å²) in [5, 5.41) is 4.16. The zero-order valence-corrected chi connectivity index (χ0v) is 20.9. The molecule has 4 rings (SSSR count). The van der Waals surface area contributed by atoms with Gasteiger partial charge in [0.15, 0.2) is 0 Å². The molecule has 6 heteroatoms. The number of oxime groups is 1. The fourth-order valence-electron chi connectivity index (χ4n) is 5.05. The smallest absolute Gasteiger partial charge is 0.243 e. The second-order valence-corrected chi connectivity index (χ2v) is 12.2. The van der Waals surface area contributed by atoms with Gasteiger partial charge in [0.2, 0.25) is 10.0 Å². The van der Waals surface area contributed by atoms with E-state index in [0.29, 0.717) is 24.4 Å². The zero-order chi connectivity index (χ0) is 23.7. The average Bonchev–Trinajstić information content (AvgIpc) is 2.79. The number of benzene rings is 2. The highest BCUT2D eigenvalue weighted by molar-refractivity contribution is 7.89. The lowest BCUT2D eigenvalue weighted by atomic mass is 9.66. The molecule has 1 unspecified atom stereocenters. The molecule has 1 fully saturated rings. The van der Waals surface area contributed by atoms with Gasteiger partial charge in [-0.2, -0.15) is 4.31 Å². The molecule has 0 amide bonds. The largest absolute Gasteiger partial charge is 0.399 e. The molecular formula is C27H34N2O3S. The van der Waals surface area contributed by atoms with Gasteiger partial charge < -0.3 is 4.84 Å². The summed E-state index contributed by atoms with van der Waals surface area (Å²) in [5.41, 5.74) is 4.32. The molecule has 0 aromatic heterocycles. The van der Waals surface area contributed by atoms with Crippen LogP contribution in [0.2, 0.25) is 0 Å². The first-order valence-corrected chi connectivity index (χ1v) is 13.0. The van der Waals surface area contributed by atoms with Gasteiger partial charge in [-0.1, -0.05) is 74.0 Å². The van der Waals surface area contributed by atoms with Crippen LogP contribution in [-0.4, -0.2) is 38.6 Å². The number of hydrogen-bond acceptors (Lipinski definition) is 4. The minimum absolute atomic E-state index is 0.0174. The first-order chi connectivity index (χ1) is 15.6. The number of fused-ring (bicyclic) bond motifs is 1. The predicted molar refractivity (Wildman–Crippen MR) is 133 cm³/mol. The van der Waals surface area contributed by atoms with Crippen molar-refractivity contribution in [2.45, 2.75) is 56.8 Å². The van der Waals surface area contributed by atoms with Gasteiger partial charge in [0.25, 0.3) is 0 Å². The van der Waals surface area contributed by atoms with E-state index in [1.165, 1.54) is 11.1 Å². The summed E-state index contributed by atoms with van der Waals surface area (Å²) in [6.07, 6.45) is 5.28. The van der Waals surface area contributed by atoms with E-state index in [1.807, 2.05) is 30.3 Å². The molecule has 1 heterocycles. The van der Waals surface area contributed by atoms with Crippen molar-refractivity contribution in [3.8, 4) is 0 Å². The third-order valence-electron chi connectivity index (χ3n) is 6.94. The van der Waals surface area contributed by atoms with Crippen LogP contribution in [0.3, 0.4) is 0 Å². The number of nitrogens with zero attached hydrogens (tertiary/aromatic N) is 2. The van der Waals surface area contributed by atoms with Crippen LogP contribution in [0, 0.1) is 5.41 Å². The Balaban J connectivity index is 1.67. The molecule has 176 valence electrons.